The van der Waals surface area contributed by atoms with Crippen LogP contribution in [-0.4, -0.2) is 5.11 Å². The van der Waals surface area contributed by atoms with Crippen molar-refractivity contribution in [3.8, 4) is 0 Å². The third kappa shape index (κ3) is 4.04. The fraction of sp³-hybridized carbons (Fsp3) is 0.250. The van der Waals surface area contributed by atoms with Crippen LogP contribution in [0.5, 0.6) is 0 Å². The van der Waals surface area contributed by atoms with E-state index in [1.165, 1.54) is 16.7 Å². The van der Waals surface area contributed by atoms with E-state index in [0.29, 0.717) is 6.42 Å². The highest BCUT2D eigenvalue weighted by atomic mass is 127. The van der Waals surface area contributed by atoms with Crippen molar-refractivity contribution in [2.24, 2.45) is 0 Å². The standard InChI is InChI=1S/C16H16BrIO/c1-10-5-11(2)7-12(6-10)8-16(19)14-9-13(18)3-4-15(14)17/h3-7,9,16,19H,8H2,1-2H3. The minimum atomic E-state index is -0.481. The van der Waals surface area contributed by atoms with E-state index in [2.05, 4.69) is 70.6 Å². The van der Waals surface area contributed by atoms with Gasteiger partial charge in [-0.25, -0.2) is 0 Å². The Balaban J connectivity index is 2.25. The van der Waals surface area contributed by atoms with Gasteiger partial charge in [0.15, 0.2) is 0 Å². The van der Waals surface area contributed by atoms with E-state index in [1.54, 1.807) is 0 Å². The van der Waals surface area contributed by atoms with E-state index in [9.17, 15) is 5.11 Å². The van der Waals surface area contributed by atoms with Crippen molar-refractivity contribution in [1.29, 1.82) is 0 Å². The zero-order valence-corrected chi connectivity index (χ0v) is 14.7. The van der Waals surface area contributed by atoms with Crippen molar-refractivity contribution < 1.29 is 5.11 Å². The summed E-state index contributed by atoms with van der Waals surface area (Å²) in [4.78, 5) is 0. The molecule has 1 unspecified atom stereocenters. The number of aryl methyl sites for hydroxylation is 2. The summed E-state index contributed by atoms with van der Waals surface area (Å²) in [6.07, 6.45) is 0.159. The zero-order chi connectivity index (χ0) is 14.0. The second kappa shape index (κ2) is 6.37. The van der Waals surface area contributed by atoms with Gasteiger partial charge < -0.3 is 5.11 Å². The van der Waals surface area contributed by atoms with Crippen molar-refractivity contribution in [1.82, 2.24) is 0 Å². The molecular formula is C16H16BrIO. The van der Waals surface area contributed by atoms with Crippen LogP contribution in [0.2, 0.25) is 0 Å². The number of aliphatic hydroxyl groups excluding tert-OH is 1. The minimum absolute atomic E-state index is 0.481. The molecule has 0 saturated carbocycles. The number of aliphatic hydroxyl groups is 1. The van der Waals surface area contributed by atoms with Crippen molar-refractivity contribution >= 4 is 38.5 Å². The first-order chi connectivity index (χ1) is 8.95. The highest BCUT2D eigenvalue weighted by molar-refractivity contribution is 14.1. The van der Waals surface area contributed by atoms with Gasteiger partial charge in [-0.2, -0.15) is 0 Å². The number of rotatable bonds is 3. The Morgan fingerprint density at radius 3 is 2.37 bits per heavy atom. The van der Waals surface area contributed by atoms with Crippen molar-refractivity contribution in [3.63, 3.8) is 0 Å². The average molecular weight is 431 g/mol. The lowest BCUT2D eigenvalue weighted by molar-refractivity contribution is 0.177. The Morgan fingerprint density at radius 1 is 1.11 bits per heavy atom. The third-order valence-corrected chi connectivity index (χ3v) is 4.42. The van der Waals surface area contributed by atoms with Gasteiger partial charge in [-0.1, -0.05) is 45.3 Å². The lowest BCUT2D eigenvalue weighted by Crippen LogP contribution is -2.03. The van der Waals surface area contributed by atoms with Crippen LogP contribution in [0.3, 0.4) is 0 Å². The van der Waals surface area contributed by atoms with Crippen molar-refractivity contribution in [2.75, 3.05) is 0 Å². The Morgan fingerprint density at radius 2 is 1.74 bits per heavy atom. The lowest BCUT2D eigenvalue weighted by atomic mass is 9.98. The number of halogens is 2. The van der Waals surface area contributed by atoms with Gasteiger partial charge in [0.2, 0.25) is 0 Å². The van der Waals surface area contributed by atoms with E-state index >= 15 is 0 Å². The monoisotopic (exact) mass is 430 g/mol. The Labute approximate surface area is 136 Å². The van der Waals surface area contributed by atoms with E-state index in [0.717, 1.165) is 13.6 Å². The number of benzene rings is 2. The molecule has 0 aliphatic heterocycles. The summed E-state index contributed by atoms with van der Waals surface area (Å²) in [5.74, 6) is 0. The molecule has 2 rings (SSSR count). The summed E-state index contributed by atoms with van der Waals surface area (Å²) in [5, 5.41) is 10.4. The predicted octanol–water partition coefficient (Wildman–Crippen LogP) is 4.95. The van der Waals surface area contributed by atoms with Crippen LogP contribution < -0.4 is 0 Å². The van der Waals surface area contributed by atoms with Crippen LogP contribution in [-0.2, 0) is 6.42 Å². The topological polar surface area (TPSA) is 20.2 Å². The lowest BCUT2D eigenvalue weighted by Gasteiger charge is -2.14. The smallest absolute Gasteiger partial charge is 0.0841 e. The SMILES string of the molecule is Cc1cc(C)cc(CC(O)c2cc(I)ccc2Br)c1. The molecule has 0 bridgehead atoms. The molecule has 1 nitrogen and oxygen atoms in total. The second-order valence-electron chi connectivity index (χ2n) is 4.88. The highest BCUT2D eigenvalue weighted by Gasteiger charge is 2.13. The maximum atomic E-state index is 10.4. The Kier molecular flexibility index (Phi) is 5.03. The normalized spacial score (nSPS) is 12.5. The quantitative estimate of drug-likeness (QED) is 0.683. The first kappa shape index (κ1) is 15.0. The molecule has 19 heavy (non-hydrogen) atoms. The number of hydrogen-bond donors (Lipinski definition) is 1. The molecule has 0 aliphatic carbocycles. The molecule has 2 aromatic carbocycles. The van der Waals surface area contributed by atoms with Gasteiger partial charge >= 0.3 is 0 Å². The molecule has 0 radical (unpaired) electrons. The molecule has 1 N–H and O–H groups in total. The largest absolute Gasteiger partial charge is 0.388 e. The van der Waals surface area contributed by atoms with Crippen LogP contribution in [0.15, 0.2) is 40.9 Å². The van der Waals surface area contributed by atoms with Gasteiger partial charge in [-0.05, 0) is 65.8 Å². The van der Waals surface area contributed by atoms with Gasteiger partial charge in [-0.3, -0.25) is 0 Å². The van der Waals surface area contributed by atoms with Crippen molar-refractivity contribution in [3.05, 3.63) is 66.7 Å². The summed E-state index contributed by atoms with van der Waals surface area (Å²) in [6, 6.07) is 12.5. The number of hydrogen-bond acceptors (Lipinski definition) is 1. The fourth-order valence-corrected chi connectivity index (χ4v) is 3.32. The molecule has 2 aromatic rings. The maximum absolute atomic E-state index is 10.4. The highest BCUT2D eigenvalue weighted by Crippen LogP contribution is 2.28. The van der Waals surface area contributed by atoms with Crippen LogP contribution in [0.1, 0.15) is 28.4 Å². The van der Waals surface area contributed by atoms with Crippen LogP contribution in [0.25, 0.3) is 0 Å². The second-order valence-corrected chi connectivity index (χ2v) is 6.98. The van der Waals surface area contributed by atoms with E-state index in [-0.39, 0.29) is 0 Å². The Bertz CT molecular complexity index is 575. The van der Waals surface area contributed by atoms with Gasteiger partial charge in [0.05, 0.1) is 6.10 Å². The molecule has 0 spiro atoms. The van der Waals surface area contributed by atoms with E-state index < -0.39 is 6.10 Å². The minimum Gasteiger partial charge on any atom is -0.388 e. The first-order valence-corrected chi connectivity index (χ1v) is 8.03. The van der Waals surface area contributed by atoms with Gasteiger partial charge in [0.25, 0.3) is 0 Å². The summed E-state index contributed by atoms with van der Waals surface area (Å²) in [6.45, 7) is 4.18. The summed E-state index contributed by atoms with van der Waals surface area (Å²) >= 11 is 5.78. The Hall–Kier alpha value is -0.390. The fourth-order valence-electron chi connectivity index (χ4n) is 2.29. The maximum Gasteiger partial charge on any atom is 0.0841 e. The summed E-state index contributed by atoms with van der Waals surface area (Å²) < 4.78 is 2.10. The average Bonchev–Trinajstić information content (AvgIpc) is 2.30. The molecule has 0 saturated heterocycles. The van der Waals surface area contributed by atoms with E-state index in [4.69, 9.17) is 0 Å². The molecule has 0 fully saturated rings. The molecule has 0 aromatic heterocycles. The van der Waals surface area contributed by atoms with Crippen LogP contribution in [0, 0.1) is 17.4 Å². The molecule has 3 heteroatoms. The molecule has 0 heterocycles. The summed E-state index contributed by atoms with van der Waals surface area (Å²) in [7, 11) is 0. The van der Waals surface area contributed by atoms with Crippen LogP contribution in [0.4, 0.5) is 0 Å². The van der Waals surface area contributed by atoms with E-state index in [1.807, 2.05) is 18.2 Å². The first-order valence-electron chi connectivity index (χ1n) is 6.16. The van der Waals surface area contributed by atoms with Gasteiger partial charge in [-0.15, -0.1) is 0 Å². The molecule has 0 aliphatic rings. The van der Waals surface area contributed by atoms with Gasteiger partial charge in [0.1, 0.15) is 0 Å². The zero-order valence-electron chi connectivity index (χ0n) is 11.0. The molecule has 1 atom stereocenters. The molecule has 0 amide bonds. The molecule has 100 valence electrons. The predicted molar refractivity (Wildman–Crippen MR) is 91.4 cm³/mol. The third-order valence-electron chi connectivity index (χ3n) is 3.03. The van der Waals surface area contributed by atoms with Gasteiger partial charge in [0, 0.05) is 14.5 Å². The summed E-state index contributed by atoms with van der Waals surface area (Å²) in [5.41, 5.74) is 4.61. The van der Waals surface area contributed by atoms with Crippen LogP contribution >= 0.6 is 38.5 Å². The molecular weight excluding hydrogens is 415 g/mol. The van der Waals surface area contributed by atoms with Crippen molar-refractivity contribution in [2.45, 2.75) is 26.4 Å².